The van der Waals surface area contributed by atoms with Crippen molar-refractivity contribution in [3.63, 3.8) is 0 Å². The van der Waals surface area contributed by atoms with Crippen LogP contribution in [-0.2, 0) is 25.5 Å². The summed E-state index contributed by atoms with van der Waals surface area (Å²) in [4.78, 5) is 11.4. The maximum atomic E-state index is 6.65. The molecule has 0 spiro atoms. The Bertz CT molecular complexity index is 915. The lowest BCUT2D eigenvalue weighted by atomic mass is 9.77. The van der Waals surface area contributed by atoms with Gasteiger partial charge in [0.2, 0.25) is 5.79 Å². The van der Waals surface area contributed by atoms with Crippen LogP contribution in [0.1, 0.15) is 28.2 Å². The molecule has 2 aliphatic heterocycles. The highest BCUT2D eigenvalue weighted by Gasteiger charge is 2.64. The van der Waals surface area contributed by atoms with Gasteiger partial charge in [-0.2, -0.15) is 9.78 Å². The smallest absolute Gasteiger partial charge is 0.291 e. The van der Waals surface area contributed by atoms with Crippen LogP contribution in [-0.4, -0.2) is 0 Å². The van der Waals surface area contributed by atoms with Crippen molar-refractivity contribution in [3.8, 4) is 0 Å². The third-order valence-corrected chi connectivity index (χ3v) is 5.18. The van der Waals surface area contributed by atoms with Crippen LogP contribution >= 0.6 is 11.6 Å². The maximum absolute atomic E-state index is 6.65. The number of rotatable bonds is 2. The highest BCUT2D eigenvalue weighted by atomic mass is 35.5. The molecule has 5 rings (SSSR count). The van der Waals surface area contributed by atoms with Crippen molar-refractivity contribution in [1.29, 1.82) is 0 Å². The van der Waals surface area contributed by atoms with Gasteiger partial charge in [-0.25, -0.2) is 0 Å². The van der Waals surface area contributed by atoms with Gasteiger partial charge in [0, 0.05) is 11.1 Å². The van der Waals surface area contributed by atoms with Crippen molar-refractivity contribution in [3.05, 3.63) is 107 Å². The van der Waals surface area contributed by atoms with Crippen LogP contribution in [0.3, 0.4) is 0 Å². The second-order valence-corrected chi connectivity index (χ2v) is 6.77. The molecule has 3 nitrogen and oxygen atoms in total. The Balaban J connectivity index is 1.81. The summed E-state index contributed by atoms with van der Waals surface area (Å²) >= 11 is 6.65. The molecule has 0 aliphatic carbocycles. The fourth-order valence-corrected chi connectivity index (χ4v) is 4.08. The molecule has 3 aromatic rings. The molecule has 0 aromatic heterocycles. The standard InChI is InChI=1S/C21H15ClO3/c22-21-18-14-8-7-13-17(18)19(15-9-3-1-4-10-15)20(23-21,24-25-21)16-11-5-2-6-12-16/h1-14,19H/t19-,20-,21-/m1/s1. The van der Waals surface area contributed by atoms with Crippen molar-refractivity contribution < 1.29 is 14.5 Å². The Hall–Kier alpha value is -2.17. The highest BCUT2D eigenvalue weighted by Crippen LogP contribution is 2.61. The average Bonchev–Trinajstić information content (AvgIpc) is 2.99. The SMILES string of the molecule is Cl[C@@]12OO[C@@](c3ccccc3)(O1)[C@H](c1ccccc1)c1ccccc12. The molecule has 124 valence electrons. The molecule has 25 heavy (non-hydrogen) atoms. The fourth-order valence-electron chi connectivity index (χ4n) is 3.77. The molecule has 2 bridgehead atoms. The van der Waals surface area contributed by atoms with E-state index < -0.39 is 11.0 Å². The van der Waals surface area contributed by atoms with E-state index in [1.807, 2.05) is 66.7 Å². The zero-order chi connectivity index (χ0) is 16.9. The van der Waals surface area contributed by atoms with E-state index >= 15 is 0 Å². The van der Waals surface area contributed by atoms with Crippen LogP contribution in [0.5, 0.6) is 0 Å². The van der Waals surface area contributed by atoms with Crippen LogP contribution in [0.4, 0.5) is 0 Å². The van der Waals surface area contributed by atoms with Crippen LogP contribution < -0.4 is 0 Å². The van der Waals surface area contributed by atoms with E-state index in [1.165, 1.54) is 0 Å². The summed E-state index contributed by atoms with van der Waals surface area (Å²) in [5, 5.41) is -1.45. The van der Waals surface area contributed by atoms with Gasteiger partial charge < -0.3 is 0 Å². The number of hydrogen-bond donors (Lipinski definition) is 0. The number of hydrogen-bond acceptors (Lipinski definition) is 3. The molecule has 1 fully saturated rings. The molecular weight excluding hydrogens is 336 g/mol. The Kier molecular flexibility index (Phi) is 3.27. The largest absolute Gasteiger partial charge is 0.308 e. The van der Waals surface area contributed by atoms with Gasteiger partial charge in [-0.15, -0.1) is 0 Å². The summed E-state index contributed by atoms with van der Waals surface area (Å²) in [5.41, 5.74) is 3.75. The van der Waals surface area contributed by atoms with E-state index in [0.717, 1.165) is 22.3 Å². The lowest BCUT2D eigenvalue weighted by Gasteiger charge is -2.40. The summed E-state index contributed by atoms with van der Waals surface area (Å²) in [6, 6.07) is 27.8. The first-order chi connectivity index (χ1) is 12.2. The van der Waals surface area contributed by atoms with Gasteiger partial charge in [0.05, 0.1) is 5.92 Å². The van der Waals surface area contributed by atoms with Gasteiger partial charge in [0.1, 0.15) is 0 Å². The minimum absolute atomic E-state index is 0.207. The van der Waals surface area contributed by atoms with Gasteiger partial charge in [-0.05, 0) is 22.7 Å². The molecule has 2 heterocycles. The third-order valence-electron chi connectivity index (χ3n) is 4.84. The van der Waals surface area contributed by atoms with Crippen LogP contribution in [0, 0.1) is 0 Å². The first kappa shape index (κ1) is 15.1. The third kappa shape index (κ3) is 2.11. The van der Waals surface area contributed by atoms with Crippen LogP contribution in [0.2, 0.25) is 0 Å². The number of alkyl halides is 1. The molecule has 1 saturated heterocycles. The van der Waals surface area contributed by atoms with Gasteiger partial charge in [0.25, 0.3) is 0 Å². The maximum Gasteiger partial charge on any atom is 0.308 e. The Morgan fingerprint density at radius 1 is 0.720 bits per heavy atom. The van der Waals surface area contributed by atoms with E-state index in [2.05, 4.69) is 18.2 Å². The first-order valence-electron chi connectivity index (χ1n) is 8.19. The van der Waals surface area contributed by atoms with E-state index in [9.17, 15) is 0 Å². The first-order valence-corrected chi connectivity index (χ1v) is 8.56. The highest BCUT2D eigenvalue weighted by molar-refractivity contribution is 6.22. The monoisotopic (exact) mass is 350 g/mol. The lowest BCUT2D eigenvalue weighted by molar-refractivity contribution is -0.343. The average molecular weight is 351 g/mol. The number of ether oxygens (including phenoxy) is 1. The van der Waals surface area contributed by atoms with Crippen molar-refractivity contribution >= 4 is 11.6 Å². The van der Waals surface area contributed by atoms with Crippen molar-refractivity contribution in [2.75, 3.05) is 0 Å². The molecule has 0 N–H and O–H groups in total. The summed E-state index contributed by atoms with van der Waals surface area (Å²) in [6.07, 6.45) is 0. The second kappa shape index (κ2) is 5.41. The molecule has 0 amide bonds. The molecule has 4 heteroatoms. The zero-order valence-corrected chi connectivity index (χ0v) is 14.0. The quantitative estimate of drug-likeness (QED) is 0.480. The minimum Gasteiger partial charge on any atom is -0.291 e. The molecule has 0 radical (unpaired) electrons. The van der Waals surface area contributed by atoms with Crippen LogP contribution in [0.15, 0.2) is 84.9 Å². The summed E-state index contributed by atoms with van der Waals surface area (Å²) in [5.74, 6) is -1.35. The van der Waals surface area contributed by atoms with Gasteiger partial charge in [-0.1, -0.05) is 84.9 Å². The lowest BCUT2D eigenvalue weighted by Crippen LogP contribution is -2.42. The molecule has 0 saturated carbocycles. The van der Waals surface area contributed by atoms with E-state index in [0.29, 0.717) is 0 Å². The van der Waals surface area contributed by atoms with E-state index in [-0.39, 0.29) is 5.92 Å². The normalized spacial score (nSPS) is 30.0. The molecule has 3 aromatic carbocycles. The van der Waals surface area contributed by atoms with Crippen molar-refractivity contribution in [2.24, 2.45) is 0 Å². The summed E-state index contributed by atoms with van der Waals surface area (Å²) < 4.78 is 6.27. The summed E-state index contributed by atoms with van der Waals surface area (Å²) in [7, 11) is 0. The Labute approximate surface area is 150 Å². The van der Waals surface area contributed by atoms with E-state index in [4.69, 9.17) is 26.1 Å². The van der Waals surface area contributed by atoms with Gasteiger partial charge in [-0.3, -0.25) is 4.74 Å². The van der Waals surface area contributed by atoms with Gasteiger partial charge >= 0.3 is 5.25 Å². The van der Waals surface area contributed by atoms with Crippen molar-refractivity contribution in [2.45, 2.75) is 17.0 Å². The van der Waals surface area contributed by atoms with Crippen molar-refractivity contribution in [1.82, 2.24) is 0 Å². The topological polar surface area (TPSA) is 27.7 Å². The Morgan fingerprint density at radius 2 is 1.36 bits per heavy atom. The summed E-state index contributed by atoms with van der Waals surface area (Å²) in [6.45, 7) is 0. The minimum atomic E-state index is -1.45. The fraction of sp³-hybridized carbons (Fsp3) is 0.143. The Morgan fingerprint density at radius 3 is 2.12 bits per heavy atom. The van der Waals surface area contributed by atoms with E-state index in [1.54, 1.807) is 0 Å². The molecule has 2 aliphatic rings. The number of halogens is 1. The van der Waals surface area contributed by atoms with Gasteiger partial charge in [0.15, 0.2) is 0 Å². The van der Waals surface area contributed by atoms with Crippen LogP contribution in [0.25, 0.3) is 0 Å². The molecule has 0 unspecified atom stereocenters. The number of fused-ring (bicyclic) bond motifs is 4. The zero-order valence-electron chi connectivity index (χ0n) is 13.3. The second-order valence-electron chi connectivity index (χ2n) is 6.27. The predicted octanol–water partition coefficient (Wildman–Crippen LogP) is 5.01. The molecule has 3 atom stereocenters. The predicted molar refractivity (Wildman–Crippen MR) is 93.6 cm³/mol. The number of benzene rings is 3. The molecular formula is C21H15ClO3.